The smallest absolute Gasteiger partial charge is 0.343 e. The topological polar surface area (TPSA) is 134 Å². The van der Waals surface area contributed by atoms with Gasteiger partial charge in [0.15, 0.2) is 11.5 Å². The van der Waals surface area contributed by atoms with Gasteiger partial charge in [-0.05, 0) is 61.5 Å². The molecule has 3 aromatic carbocycles. The van der Waals surface area contributed by atoms with E-state index in [0.29, 0.717) is 39.8 Å². The van der Waals surface area contributed by atoms with E-state index in [4.69, 9.17) is 23.7 Å². The van der Waals surface area contributed by atoms with E-state index in [1.807, 2.05) is 0 Å². The van der Waals surface area contributed by atoms with Gasteiger partial charge in [0.1, 0.15) is 17.2 Å². The number of nitrogens with zero attached hydrogens (tertiary/aromatic N) is 1. The molecule has 11 heteroatoms. The van der Waals surface area contributed by atoms with Gasteiger partial charge >= 0.3 is 17.8 Å². The summed E-state index contributed by atoms with van der Waals surface area (Å²) in [6, 6.07) is 16.0. The Kier molecular flexibility index (Phi) is 9.25. The van der Waals surface area contributed by atoms with Gasteiger partial charge in [0, 0.05) is 11.6 Å². The molecule has 0 spiro atoms. The van der Waals surface area contributed by atoms with E-state index >= 15 is 0 Å². The lowest BCUT2D eigenvalue weighted by Crippen LogP contribution is -2.33. The molecule has 3 rings (SSSR count). The summed E-state index contributed by atoms with van der Waals surface area (Å²) in [5.74, 6) is -0.565. The standard InChI is InChI=1S/C27H27N3O8/c1-16(29-30-26(32)25(31)28-21-12-11-20(35-3)15-23(21)36-4)18-8-13-22(24(14-18)37-5)38-27(33)17-6-9-19(34-2)10-7-17/h6-15H,1-5H3,(H,28,31)(H,30,32)/b29-16+. The highest BCUT2D eigenvalue weighted by molar-refractivity contribution is 6.39. The average molecular weight is 522 g/mol. The van der Waals surface area contributed by atoms with Gasteiger partial charge < -0.3 is 29.0 Å². The summed E-state index contributed by atoms with van der Waals surface area (Å²) < 4.78 is 26.2. The number of carbonyl (C=O) groups excluding carboxylic acids is 3. The van der Waals surface area contributed by atoms with Crippen molar-refractivity contribution in [2.75, 3.05) is 33.8 Å². The lowest BCUT2D eigenvalue weighted by Gasteiger charge is -2.12. The lowest BCUT2D eigenvalue weighted by atomic mass is 10.1. The number of hydrogen-bond acceptors (Lipinski definition) is 9. The summed E-state index contributed by atoms with van der Waals surface area (Å²) in [6.45, 7) is 1.63. The third kappa shape index (κ3) is 6.78. The van der Waals surface area contributed by atoms with Crippen molar-refractivity contribution in [3.8, 4) is 28.7 Å². The average Bonchev–Trinajstić information content (AvgIpc) is 2.95. The van der Waals surface area contributed by atoms with Gasteiger partial charge in [-0.25, -0.2) is 10.2 Å². The second-order valence-electron chi connectivity index (χ2n) is 7.64. The fourth-order valence-electron chi connectivity index (χ4n) is 3.19. The van der Waals surface area contributed by atoms with Gasteiger partial charge in [-0.3, -0.25) is 9.59 Å². The molecule has 0 radical (unpaired) electrons. The zero-order valence-corrected chi connectivity index (χ0v) is 21.5. The van der Waals surface area contributed by atoms with Crippen molar-refractivity contribution in [2.24, 2.45) is 5.10 Å². The van der Waals surface area contributed by atoms with Crippen molar-refractivity contribution >= 4 is 29.2 Å². The van der Waals surface area contributed by atoms with Gasteiger partial charge in [-0.15, -0.1) is 0 Å². The molecule has 3 aromatic rings. The first kappa shape index (κ1) is 27.5. The summed E-state index contributed by atoms with van der Waals surface area (Å²) in [4.78, 5) is 37.1. The number of amides is 2. The number of methoxy groups -OCH3 is 4. The van der Waals surface area contributed by atoms with Crippen LogP contribution in [0.2, 0.25) is 0 Å². The largest absolute Gasteiger partial charge is 0.497 e. The molecular weight excluding hydrogens is 494 g/mol. The Morgan fingerprint density at radius 1 is 0.658 bits per heavy atom. The van der Waals surface area contributed by atoms with E-state index < -0.39 is 17.8 Å². The summed E-state index contributed by atoms with van der Waals surface area (Å²) in [5.41, 5.74) is 3.77. The quantitative estimate of drug-likeness (QED) is 0.144. The normalized spacial score (nSPS) is 10.7. The van der Waals surface area contributed by atoms with Crippen LogP contribution in [0.25, 0.3) is 0 Å². The van der Waals surface area contributed by atoms with Gasteiger partial charge in [-0.1, -0.05) is 0 Å². The molecule has 0 fully saturated rings. The van der Waals surface area contributed by atoms with Crippen LogP contribution in [0.3, 0.4) is 0 Å². The minimum Gasteiger partial charge on any atom is -0.497 e. The molecule has 198 valence electrons. The second-order valence-corrected chi connectivity index (χ2v) is 7.64. The fourth-order valence-corrected chi connectivity index (χ4v) is 3.19. The van der Waals surface area contributed by atoms with Crippen molar-refractivity contribution in [3.05, 3.63) is 71.8 Å². The zero-order chi connectivity index (χ0) is 27.7. The molecule has 0 bridgehead atoms. The third-order valence-electron chi connectivity index (χ3n) is 5.30. The number of hydrogen-bond donors (Lipinski definition) is 2. The zero-order valence-electron chi connectivity index (χ0n) is 21.5. The highest BCUT2D eigenvalue weighted by Crippen LogP contribution is 2.30. The maximum absolute atomic E-state index is 12.5. The van der Waals surface area contributed by atoms with Gasteiger partial charge in [-0.2, -0.15) is 5.10 Å². The van der Waals surface area contributed by atoms with Crippen molar-refractivity contribution < 1.29 is 38.1 Å². The van der Waals surface area contributed by atoms with E-state index in [2.05, 4.69) is 15.8 Å². The minimum absolute atomic E-state index is 0.196. The number of carbonyl (C=O) groups is 3. The predicted octanol–water partition coefficient (Wildman–Crippen LogP) is 3.42. The summed E-state index contributed by atoms with van der Waals surface area (Å²) in [6.07, 6.45) is 0. The van der Waals surface area contributed by atoms with E-state index in [-0.39, 0.29) is 11.5 Å². The molecule has 11 nitrogen and oxygen atoms in total. The van der Waals surface area contributed by atoms with Gasteiger partial charge in [0.05, 0.1) is 45.4 Å². The monoisotopic (exact) mass is 521 g/mol. The maximum Gasteiger partial charge on any atom is 0.343 e. The SMILES string of the molecule is COc1ccc(C(=O)Oc2ccc(/C(C)=N/NC(=O)C(=O)Nc3ccc(OC)cc3OC)cc2OC)cc1. The maximum atomic E-state index is 12.5. The Hall–Kier alpha value is -5.06. The van der Waals surface area contributed by atoms with E-state index in [0.717, 1.165) is 0 Å². The molecule has 0 aliphatic rings. The number of benzene rings is 3. The molecule has 0 saturated carbocycles. The number of hydrazone groups is 1. The molecule has 0 unspecified atom stereocenters. The molecule has 0 atom stereocenters. The van der Waals surface area contributed by atoms with Crippen molar-refractivity contribution in [1.29, 1.82) is 0 Å². The Bertz CT molecular complexity index is 1350. The lowest BCUT2D eigenvalue weighted by molar-refractivity contribution is -0.136. The van der Waals surface area contributed by atoms with Crippen LogP contribution in [-0.4, -0.2) is 51.9 Å². The first-order valence-corrected chi connectivity index (χ1v) is 11.2. The number of anilines is 1. The molecule has 38 heavy (non-hydrogen) atoms. The fraction of sp³-hybridized carbons (Fsp3) is 0.185. The van der Waals surface area contributed by atoms with Crippen LogP contribution in [0.5, 0.6) is 28.7 Å². The Morgan fingerprint density at radius 3 is 1.92 bits per heavy atom. The predicted molar refractivity (Wildman–Crippen MR) is 139 cm³/mol. The molecule has 0 saturated heterocycles. The highest BCUT2D eigenvalue weighted by atomic mass is 16.6. The number of esters is 1. The number of rotatable bonds is 9. The van der Waals surface area contributed by atoms with E-state index in [1.54, 1.807) is 67.6 Å². The minimum atomic E-state index is -0.987. The summed E-state index contributed by atoms with van der Waals surface area (Å²) in [5, 5.41) is 6.45. The Labute approximate surface area is 219 Å². The van der Waals surface area contributed by atoms with Crippen molar-refractivity contribution in [1.82, 2.24) is 5.43 Å². The highest BCUT2D eigenvalue weighted by Gasteiger charge is 2.17. The first-order chi connectivity index (χ1) is 18.3. The molecule has 2 N–H and O–H groups in total. The van der Waals surface area contributed by atoms with Crippen LogP contribution in [0.4, 0.5) is 5.69 Å². The van der Waals surface area contributed by atoms with Crippen molar-refractivity contribution in [3.63, 3.8) is 0 Å². The van der Waals surface area contributed by atoms with Crippen molar-refractivity contribution in [2.45, 2.75) is 6.92 Å². The molecule has 2 amide bonds. The molecular formula is C27H27N3O8. The first-order valence-electron chi connectivity index (χ1n) is 11.2. The summed E-state index contributed by atoms with van der Waals surface area (Å²) in [7, 11) is 5.89. The van der Waals surface area contributed by atoms with Gasteiger partial charge in [0.2, 0.25) is 0 Å². The number of ether oxygens (including phenoxy) is 5. The molecule has 0 heterocycles. The van der Waals surface area contributed by atoms with Crippen LogP contribution in [0, 0.1) is 0 Å². The van der Waals surface area contributed by atoms with Crippen LogP contribution < -0.4 is 34.4 Å². The van der Waals surface area contributed by atoms with Gasteiger partial charge in [0.25, 0.3) is 0 Å². The third-order valence-corrected chi connectivity index (χ3v) is 5.30. The molecule has 0 aliphatic heterocycles. The van der Waals surface area contributed by atoms with E-state index in [1.165, 1.54) is 28.4 Å². The second kappa shape index (κ2) is 12.8. The number of nitrogens with one attached hydrogen (secondary N) is 2. The van der Waals surface area contributed by atoms with Crippen LogP contribution in [0.15, 0.2) is 65.8 Å². The van der Waals surface area contributed by atoms with Crippen LogP contribution >= 0.6 is 0 Å². The molecule has 0 aliphatic carbocycles. The summed E-state index contributed by atoms with van der Waals surface area (Å²) >= 11 is 0. The van der Waals surface area contributed by atoms with E-state index in [9.17, 15) is 14.4 Å². The molecule has 0 aromatic heterocycles. The Morgan fingerprint density at radius 2 is 1.29 bits per heavy atom. The Balaban J connectivity index is 1.66. The van der Waals surface area contributed by atoms with Crippen LogP contribution in [-0.2, 0) is 9.59 Å². The van der Waals surface area contributed by atoms with Crippen LogP contribution in [0.1, 0.15) is 22.8 Å².